The second-order valence-electron chi connectivity index (χ2n) is 6.65. The summed E-state index contributed by atoms with van der Waals surface area (Å²) in [4.78, 5) is 26.0. The third kappa shape index (κ3) is 5.23. The molecule has 1 fully saturated rings. The molecule has 0 bridgehead atoms. The van der Waals surface area contributed by atoms with Crippen molar-refractivity contribution >= 4 is 11.9 Å². The molecule has 0 spiro atoms. The lowest BCUT2D eigenvalue weighted by Gasteiger charge is -2.35. The molecule has 24 heavy (non-hydrogen) atoms. The summed E-state index contributed by atoms with van der Waals surface area (Å²) < 4.78 is 5.66. The van der Waals surface area contributed by atoms with Crippen molar-refractivity contribution in [1.29, 1.82) is 0 Å². The Hall–Kier alpha value is -2.08. The molecule has 1 saturated heterocycles. The minimum absolute atomic E-state index is 0.0223. The molecule has 0 radical (unpaired) electrons. The number of urea groups is 1. The maximum absolute atomic E-state index is 12.6. The molecular formula is C18H27N3O3. The fourth-order valence-corrected chi connectivity index (χ4v) is 2.79. The number of morpholine rings is 1. The molecule has 1 aliphatic rings. The third-order valence-corrected chi connectivity index (χ3v) is 3.78. The van der Waals surface area contributed by atoms with Crippen LogP contribution >= 0.6 is 0 Å². The number of benzene rings is 1. The number of nitrogens with zero attached hydrogens (tertiary/aromatic N) is 1. The van der Waals surface area contributed by atoms with E-state index in [4.69, 9.17) is 4.74 Å². The predicted octanol–water partition coefficient (Wildman–Crippen LogP) is 2.14. The molecule has 3 amide bonds. The van der Waals surface area contributed by atoms with Crippen molar-refractivity contribution in [2.24, 2.45) is 0 Å². The van der Waals surface area contributed by atoms with Gasteiger partial charge in [-0.3, -0.25) is 4.79 Å². The zero-order valence-electron chi connectivity index (χ0n) is 14.8. The molecule has 0 aromatic heterocycles. The van der Waals surface area contributed by atoms with E-state index in [0.29, 0.717) is 25.2 Å². The van der Waals surface area contributed by atoms with E-state index in [1.54, 1.807) is 0 Å². The molecule has 6 heteroatoms. The van der Waals surface area contributed by atoms with Gasteiger partial charge >= 0.3 is 6.03 Å². The van der Waals surface area contributed by atoms with E-state index in [-0.39, 0.29) is 30.2 Å². The van der Waals surface area contributed by atoms with E-state index < -0.39 is 0 Å². The van der Waals surface area contributed by atoms with Crippen molar-refractivity contribution in [3.63, 3.8) is 0 Å². The lowest BCUT2D eigenvalue weighted by Crippen LogP contribution is -2.48. The quantitative estimate of drug-likeness (QED) is 0.887. The van der Waals surface area contributed by atoms with Gasteiger partial charge in [-0.05, 0) is 45.4 Å². The molecule has 1 aromatic rings. The summed E-state index contributed by atoms with van der Waals surface area (Å²) in [6.45, 7) is 9.43. The van der Waals surface area contributed by atoms with Gasteiger partial charge in [0.05, 0.1) is 12.2 Å². The molecule has 2 rings (SSSR count). The van der Waals surface area contributed by atoms with Crippen LogP contribution in [0, 0.1) is 0 Å². The molecule has 2 N–H and O–H groups in total. The Morgan fingerprint density at radius 2 is 1.75 bits per heavy atom. The summed E-state index contributed by atoms with van der Waals surface area (Å²) >= 11 is 0. The molecule has 0 aliphatic carbocycles. The lowest BCUT2D eigenvalue weighted by molar-refractivity contribution is -0.0586. The summed E-state index contributed by atoms with van der Waals surface area (Å²) in [5.41, 5.74) is 1.61. The number of ether oxygens (including phenoxy) is 1. The van der Waals surface area contributed by atoms with Crippen LogP contribution in [0.5, 0.6) is 0 Å². The van der Waals surface area contributed by atoms with Crippen LogP contribution in [0.3, 0.4) is 0 Å². The SMILES string of the molecule is CC(C)NC(=O)NCc1ccc(C(=O)N2C[C@@H](C)O[C@H](C)C2)cc1. The molecule has 1 aliphatic heterocycles. The second-order valence-corrected chi connectivity index (χ2v) is 6.65. The highest BCUT2D eigenvalue weighted by atomic mass is 16.5. The van der Waals surface area contributed by atoms with Gasteiger partial charge in [0.2, 0.25) is 0 Å². The van der Waals surface area contributed by atoms with Crippen LogP contribution < -0.4 is 10.6 Å². The number of hydrogen-bond donors (Lipinski definition) is 2. The van der Waals surface area contributed by atoms with E-state index >= 15 is 0 Å². The number of nitrogens with one attached hydrogen (secondary N) is 2. The fourth-order valence-electron chi connectivity index (χ4n) is 2.79. The number of hydrogen-bond acceptors (Lipinski definition) is 3. The van der Waals surface area contributed by atoms with Crippen molar-refractivity contribution < 1.29 is 14.3 Å². The Kier molecular flexibility index (Phi) is 6.20. The first kappa shape index (κ1) is 18.3. The summed E-state index contributed by atoms with van der Waals surface area (Å²) in [6, 6.07) is 7.27. The fraction of sp³-hybridized carbons (Fsp3) is 0.556. The van der Waals surface area contributed by atoms with Gasteiger partial charge in [-0.2, -0.15) is 0 Å². The van der Waals surface area contributed by atoms with Crippen molar-refractivity contribution in [3.05, 3.63) is 35.4 Å². The van der Waals surface area contributed by atoms with Crippen LogP contribution in [-0.2, 0) is 11.3 Å². The van der Waals surface area contributed by atoms with Gasteiger partial charge in [-0.15, -0.1) is 0 Å². The van der Waals surface area contributed by atoms with E-state index in [1.807, 2.05) is 56.9 Å². The van der Waals surface area contributed by atoms with Gasteiger partial charge in [0.25, 0.3) is 5.91 Å². The van der Waals surface area contributed by atoms with Gasteiger partial charge in [0, 0.05) is 31.2 Å². The zero-order chi connectivity index (χ0) is 17.7. The number of amides is 3. The van der Waals surface area contributed by atoms with Gasteiger partial charge in [0.1, 0.15) is 0 Å². The Labute approximate surface area is 143 Å². The van der Waals surface area contributed by atoms with Crippen LogP contribution in [0.2, 0.25) is 0 Å². The Morgan fingerprint density at radius 1 is 1.17 bits per heavy atom. The highest BCUT2D eigenvalue weighted by Gasteiger charge is 2.26. The van der Waals surface area contributed by atoms with E-state index in [2.05, 4.69) is 10.6 Å². The van der Waals surface area contributed by atoms with Crippen molar-refractivity contribution in [1.82, 2.24) is 15.5 Å². The Morgan fingerprint density at radius 3 is 2.29 bits per heavy atom. The first-order chi connectivity index (χ1) is 11.3. The first-order valence-electron chi connectivity index (χ1n) is 8.43. The standard InChI is InChI=1S/C18H27N3O3/c1-12(2)20-18(23)19-9-15-5-7-16(8-6-15)17(22)21-10-13(3)24-14(4)11-21/h5-8,12-14H,9-11H2,1-4H3,(H2,19,20,23)/t13-,14-/m1/s1. The van der Waals surface area contributed by atoms with Crippen molar-refractivity contribution in [2.75, 3.05) is 13.1 Å². The summed E-state index contributed by atoms with van der Waals surface area (Å²) in [5, 5.41) is 5.56. The van der Waals surface area contributed by atoms with Gasteiger partial charge < -0.3 is 20.3 Å². The van der Waals surface area contributed by atoms with Crippen LogP contribution in [0.4, 0.5) is 4.79 Å². The average molecular weight is 333 g/mol. The molecule has 0 unspecified atom stereocenters. The average Bonchev–Trinajstić information content (AvgIpc) is 2.51. The number of carbonyl (C=O) groups is 2. The molecule has 0 saturated carbocycles. The zero-order valence-corrected chi connectivity index (χ0v) is 14.8. The first-order valence-corrected chi connectivity index (χ1v) is 8.43. The summed E-state index contributed by atoms with van der Waals surface area (Å²) in [6.07, 6.45) is 0.112. The van der Waals surface area contributed by atoms with E-state index in [1.165, 1.54) is 0 Å². The molecule has 1 aromatic carbocycles. The van der Waals surface area contributed by atoms with E-state index in [9.17, 15) is 9.59 Å². The third-order valence-electron chi connectivity index (χ3n) is 3.78. The number of carbonyl (C=O) groups excluding carboxylic acids is 2. The molecule has 132 valence electrons. The Balaban J connectivity index is 1.91. The predicted molar refractivity (Wildman–Crippen MR) is 92.9 cm³/mol. The minimum Gasteiger partial charge on any atom is -0.372 e. The van der Waals surface area contributed by atoms with Gasteiger partial charge in [-0.1, -0.05) is 12.1 Å². The maximum Gasteiger partial charge on any atom is 0.315 e. The minimum atomic E-state index is -0.193. The van der Waals surface area contributed by atoms with Crippen LogP contribution in [-0.4, -0.2) is 48.2 Å². The van der Waals surface area contributed by atoms with Crippen LogP contribution in [0.15, 0.2) is 24.3 Å². The monoisotopic (exact) mass is 333 g/mol. The number of rotatable bonds is 4. The van der Waals surface area contributed by atoms with Gasteiger partial charge in [0.15, 0.2) is 0 Å². The lowest BCUT2D eigenvalue weighted by atomic mass is 10.1. The van der Waals surface area contributed by atoms with E-state index in [0.717, 1.165) is 5.56 Å². The van der Waals surface area contributed by atoms with Crippen molar-refractivity contribution in [2.45, 2.75) is 52.5 Å². The molecular weight excluding hydrogens is 306 g/mol. The molecule has 1 heterocycles. The second kappa shape index (κ2) is 8.15. The highest BCUT2D eigenvalue weighted by Crippen LogP contribution is 2.15. The summed E-state index contributed by atoms with van der Waals surface area (Å²) in [7, 11) is 0. The topological polar surface area (TPSA) is 70.7 Å². The smallest absolute Gasteiger partial charge is 0.315 e. The Bertz CT molecular complexity index is 561. The van der Waals surface area contributed by atoms with Gasteiger partial charge in [-0.25, -0.2) is 4.79 Å². The largest absolute Gasteiger partial charge is 0.372 e. The summed E-state index contributed by atoms with van der Waals surface area (Å²) in [5.74, 6) is 0.0223. The van der Waals surface area contributed by atoms with Crippen LogP contribution in [0.25, 0.3) is 0 Å². The molecule has 6 nitrogen and oxygen atoms in total. The highest BCUT2D eigenvalue weighted by molar-refractivity contribution is 5.94. The molecule has 2 atom stereocenters. The normalized spacial score (nSPS) is 20.8. The van der Waals surface area contributed by atoms with Crippen LogP contribution in [0.1, 0.15) is 43.6 Å². The maximum atomic E-state index is 12.6. The van der Waals surface area contributed by atoms with Crippen molar-refractivity contribution in [3.8, 4) is 0 Å².